The maximum absolute atomic E-state index is 12.4. The monoisotopic (exact) mass is 342 g/mol. The summed E-state index contributed by atoms with van der Waals surface area (Å²) in [6, 6.07) is 7.66. The Balaban J connectivity index is 1.60. The molecule has 132 valence electrons. The number of aryl methyl sites for hydroxylation is 1. The minimum Gasteiger partial charge on any atom is -0.458 e. The number of amides is 1. The van der Waals surface area contributed by atoms with Crippen molar-refractivity contribution in [3.05, 3.63) is 41.9 Å². The molecule has 2 aromatic rings. The van der Waals surface area contributed by atoms with Crippen LogP contribution in [-0.4, -0.2) is 41.0 Å². The summed E-state index contributed by atoms with van der Waals surface area (Å²) < 4.78 is 10.9. The number of nitrogens with zero attached hydrogens (tertiary/aromatic N) is 2. The summed E-state index contributed by atoms with van der Waals surface area (Å²) in [5.74, 6) is 0.0770. The Bertz CT molecular complexity index is 751. The molecular weight excluding hydrogens is 320 g/mol. The maximum atomic E-state index is 12.4. The number of hydrogen-bond donors (Lipinski definition) is 0. The van der Waals surface area contributed by atoms with Crippen LogP contribution in [0.4, 0.5) is 0 Å². The Kier molecular flexibility index (Phi) is 5.16. The molecule has 2 heterocycles. The highest BCUT2D eigenvalue weighted by atomic mass is 16.5. The van der Waals surface area contributed by atoms with Gasteiger partial charge < -0.3 is 14.1 Å². The predicted molar refractivity (Wildman–Crippen MR) is 92.0 cm³/mol. The van der Waals surface area contributed by atoms with Gasteiger partial charge in [-0.1, -0.05) is 29.8 Å². The van der Waals surface area contributed by atoms with E-state index in [1.54, 1.807) is 0 Å². The largest absolute Gasteiger partial charge is 0.458 e. The lowest BCUT2D eigenvalue weighted by molar-refractivity contribution is -0.127. The first-order valence-corrected chi connectivity index (χ1v) is 8.54. The second-order valence-corrected chi connectivity index (χ2v) is 6.39. The number of aromatic nitrogens is 1. The highest BCUT2D eigenvalue weighted by Crippen LogP contribution is 2.24. The van der Waals surface area contributed by atoms with Crippen LogP contribution in [0.15, 0.2) is 35.1 Å². The quantitative estimate of drug-likeness (QED) is 0.754. The van der Waals surface area contributed by atoms with Gasteiger partial charge in [-0.3, -0.25) is 4.79 Å². The molecule has 1 aliphatic heterocycles. The number of rotatable bonds is 6. The molecule has 0 aliphatic carbocycles. The predicted octanol–water partition coefficient (Wildman–Crippen LogP) is 3.21. The fourth-order valence-electron chi connectivity index (χ4n) is 2.88. The Morgan fingerprint density at radius 3 is 2.80 bits per heavy atom. The minimum absolute atomic E-state index is 0.174. The molecule has 3 rings (SSSR count). The molecule has 1 saturated heterocycles. The van der Waals surface area contributed by atoms with Crippen molar-refractivity contribution < 1.29 is 18.7 Å². The van der Waals surface area contributed by atoms with Crippen LogP contribution in [0.3, 0.4) is 0 Å². The van der Waals surface area contributed by atoms with Crippen molar-refractivity contribution in [2.45, 2.75) is 39.2 Å². The molecule has 0 saturated carbocycles. The third-order valence-electron chi connectivity index (χ3n) is 4.36. The van der Waals surface area contributed by atoms with Gasteiger partial charge in [0, 0.05) is 31.5 Å². The topological polar surface area (TPSA) is 72.6 Å². The Morgan fingerprint density at radius 1 is 1.36 bits per heavy atom. The number of ether oxygens (including phenoxy) is 1. The van der Waals surface area contributed by atoms with Crippen LogP contribution in [0.25, 0.3) is 11.3 Å². The number of benzene rings is 1. The summed E-state index contributed by atoms with van der Waals surface area (Å²) in [4.78, 5) is 29.9. The van der Waals surface area contributed by atoms with Gasteiger partial charge in [-0.15, -0.1) is 0 Å². The summed E-state index contributed by atoms with van der Waals surface area (Å²) in [6.45, 7) is 5.22. The van der Waals surface area contributed by atoms with E-state index in [9.17, 15) is 9.59 Å². The van der Waals surface area contributed by atoms with E-state index in [0.717, 1.165) is 24.1 Å². The zero-order valence-electron chi connectivity index (χ0n) is 14.5. The number of likely N-dealkylation sites (tertiary alicyclic amines) is 1. The van der Waals surface area contributed by atoms with E-state index in [1.165, 1.54) is 6.39 Å². The average molecular weight is 342 g/mol. The second-order valence-electron chi connectivity index (χ2n) is 6.39. The van der Waals surface area contributed by atoms with E-state index >= 15 is 0 Å². The summed E-state index contributed by atoms with van der Waals surface area (Å²) in [5.41, 5.74) is 2.08. The second kappa shape index (κ2) is 7.51. The van der Waals surface area contributed by atoms with Crippen molar-refractivity contribution in [3.63, 3.8) is 0 Å². The number of carbonyl (C=O) groups is 2. The van der Waals surface area contributed by atoms with Gasteiger partial charge >= 0.3 is 5.97 Å². The van der Waals surface area contributed by atoms with Crippen molar-refractivity contribution in [1.29, 1.82) is 0 Å². The normalized spacial score (nSPS) is 15.4. The Hall–Kier alpha value is -2.63. The lowest BCUT2D eigenvalue weighted by atomic mass is 10.1. The molecule has 1 aromatic heterocycles. The Labute approximate surface area is 146 Å². The van der Waals surface area contributed by atoms with Gasteiger partial charge in [0.15, 0.2) is 17.8 Å². The molecule has 6 heteroatoms. The molecule has 0 N–H and O–H groups in total. The lowest BCUT2D eigenvalue weighted by Crippen LogP contribution is -2.29. The van der Waals surface area contributed by atoms with E-state index in [4.69, 9.17) is 9.15 Å². The highest BCUT2D eigenvalue weighted by molar-refractivity contribution is 5.93. The van der Waals surface area contributed by atoms with Crippen molar-refractivity contribution in [3.8, 4) is 11.3 Å². The van der Waals surface area contributed by atoms with E-state index < -0.39 is 5.97 Å². The smallest absolute Gasteiger partial charge is 0.361 e. The summed E-state index contributed by atoms with van der Waals surface area (Å²) in [5, 5.41) is 0. The van der Waals surface area contributed by atoms with Crippen molar-refractivity contribution in [1.82, 2.24) is 9.88 Å². The van der Waals surface area contributed by atoms with Gasteiger partial charge in [-0.25, -0.2) is 9.78 Å². The van der Waals surface area contributed by atoms with Crippen LogP contribution in [-0.2, 0) is 9.53 Å². The first-order valence-electron chi connectivity index (χ1n) is 8.54. The van der Waals surface area contributed by atoms with E-state index in [2.05, 4.69) is 4.98 Å². The fraction of sp³-hybridized carbons (Fsp3) is 0.421. The van der Waals surface area contributed by atoms with Crippen LogP contribution in [0.2, 0.25) is 0 Å². The third kappa shape index (κ3) is 4.07. The van der Waals surface area contributed by atoms with Crippen molar-refractivity contribution in [2.75, 3.05) is 13.1 Å². The van der Waals surface area contributed by atoms with Crippen LogP contribution in [0, 0.1) is 6.92 Å². The first-order chi connectivity index (χ1) is 12.0. The van der Waals surface area contributed by atoms with E-state index in [-0.39, 0.29) is 17.7 Å². The summed E-state index contributed by atoms with van der Waals surface area (Å²) in [7, 11) is 0. The molecule has 6 nitrogen and oxygen atoms in total. The molecule has 1 atom stereocenters. The van der Waals surface area contributed by atoms with Gasteiger partial charge in [0.2, 0.25) is 5.91 Å². The molecular formula is C19H22N2O4. The summed E-state index contributed by atoms with van der Waals surface area (Å²) in [6.07, 6.45) is 3.08. The number of oxazole rings is 1. The van der Waals surface area contributed by atoms with Crippen molar-refractivity contribution in [2.24, 2.45) is 0 Å². The zero-order chi connectivity index (χ0) is 17.8. The van der Waals surface area contributed by atoms with Crippen LogP contribution in [0.1, 0.15) is 42.2 Å². The molecule has 1 fully saturated rings. The maximum Gasteiger partial charge on any atom is 0.361 e. The van der Waals surface area contributed by atoms with Crippen LogP contribution in [0.5, 0.6) is 0 Å². The third-order valence-corrected chi connectivity index (χ3v) is 4.36. The number of hydrogen-bond acceptors (Lipinski definition) is 5. The highest BCUT2D eigenvalue weighted by Gasteiger charge is 2.24. The molecule has 1 aromatic carbocycles. The van der Waals surface area contributed by atoms with Gasteiger partial charge in [0.25, 0.3) is 0 Å². The molecule has 1 amide bonds. The van der Waals surface area contributed by atoms with Gasteiger partial charge in [-0.05, 0) is 20.3 Å². The molecule has 0 spiro atoms. The molecule has 0 bridgehead atoms. The molecule has 25 heavy (non-hydrogen) atoms. The number of carbonyl (C=O) groups excluding carboxylic acids is 2. The molecule has 0 radical (unpaired) electrons. The zero-order valence-corrected chi connectivity index (χ0v) is 14.5. The van der Waals surface area contributed by atoms with Gasteiger partial charge in [0.05, 0.1) is 0 Å². The SMILES string of the molecule is Cc1ccc(-c2ocnc2C(=O)OC(C)CCN2CCCC2=O)cc1. The van der Waals surface area contributed by atoms with E-state index in [0.29, 0.717) is 25.1 Å². The van der Waals surface area contributed by atoms with Crippen LogP contribution < -0.4 is 0 Å². The van der Waals surface area contributed by atoms with E-state index in [1.807, 2.05) is 43.0 Å². The minimum atomic E-state index is -0.510. The fourth-order valence-corrected chi connectivity index (χ4v) is 2.88. The molecule has 1 unspecified atom stereocenters. The Morgan fingerprint density at radius 2 is 2.12 bits per heavy atom. The average Bonchev–Trinajstić information content (AvgIpc) is 3.22. The standard InChI is InChI=1S/C19H22N2O4/c1-13-5-7-15(8-6-13)18-17(20-12-24-18)19(23)25-14(2)9-11-21-10-3-4-16(21)22/h5-8,12,14H,3-4,9-11H2,1-2H3. The van der Waals surface area contributed by atoms with Crippen LogP contribution >= 0.6 is 0 Å². The molecule has 1 aliphatic rings. The summed E-state index contributed by atoms with van der Waals surface area (Å²) >= 11 is 0. The first kappa shape index (κ1) is 17.2. The lowest BCUT2D eigenvalue weighted by Gasteiger charge is -2.18. The number of esters is 1. The van der Waals surface area contributed by atoms with Gasteiger partial charge in [-0.2, -0.15) is 0 Å². The van der Waals surface area contributed by atoms with Gasteiger partial charge in [0.1, 0.15) is 6.10 Å². The van der Waals surface area contributed by atoms with Crippen molar-refractivity contribution >= 4 is 11.9 Å².